The highest BCUT2D eigenvalue weighted by Crippen LogP contribution is 2.25. The number of carbonyl (C=O) groups excluding carboxylic acids is 1. The standard InChI is InChI=1S/C15H11BrF3NO3/c16-10-3-6-13(12(7-10)14(20)21)22-8-9-1-4-11(5-2-9)23-15(17,18)19/h1-7H,8H2,(H2,20,21). The van der Waals surface area contributed by atoms with Crippen molar-refractivity contribution in [3.8, 4) is 11.5 Å². The van der Waals surface area contributed by atoms with Gasteiger partial charge in [0.15, 0.2) is 0 Å². The molecule has 122 valence electrons. The predicted octanol–water partition coefficient (Wildman–Crippen LogP) is 4.03. The van der Waals surface area contributed by atoms with Gasteiger partial charge >= 0.3 is 6.36 Å². The average Bonchev–Trinajstić information content (AvgIpc) is 2.45. The van der Waals surface area contributed by atoms with E-state index < -0.39 is 12.3 Å². The molecule has 0 heterocycles. The maximum Gasteiger partial charge on any atom is 0.573 e. The van der Waals surface area contributed by atoms with Gasteiger partial charge in [-0.1, -0.05) is 28.1 Å². The van der Waals surface area contributed by atoms with Crippen LogP contribution in [0.15, 0.2) is 46.9 Å². The van der Waals surface area contributed by atoms with Gasteiger partial charge in [0.2, 0.25) is 0 Å². The van der Waals surface area contributed by atoms with Crippen LogP contribution < -0.4 is 15.2 Å². The number of amides is 1. The third kappa shape index (κ3) is 5.17. The lowest BCUT2D eigenvalue weighted by molar-refractivity contribution is -0.274. The Morgan fingerprint density at radius 3 is 2.35 bits per heavy atom. The molecular weight excluding hydrogens is 379 g/mol. The van der Waals surface area contributed by atoms with Crippen molar-refractivity contribution >= 4 is 21.8 Å². The number of benzene rings is 2. The first-order valence-corrected chi connectivity index (χ1v) is 7.11. The Kier molecular flexibility index (Phi) is 5.15. The van der Waals surface area contributed by atoms with E-state index in [1.54, 1.807) is 12.1 Å². The smallest absolute Gasteiger partial charge is 0.488 e. The molecule has 0 atom stereocenters. The summed E-state index contributed by atoms with van der Waals surface area (Å²) < 4.78 is 46.2. The van der Waals surface area contributed by atoms with E-state index in [2.05, 4.69) is 20.7 Å². The van der Waals surface area contributed by atoms with E-state index in [4.69, 9.17) is 10.5 Å². The van der Waals surface area contributed by atoms with Crippen molar-refractivity contribution < 1.29 is 27.4 Å². The molecule has 0 fully saturated rings. The zero-order valence-electron chi connectivity index (χ0n) is 11.6. The maximum absolute atomic E-state index is 12.1. The number of rotatable bonds is 5. The minimum absolute atomic E-state index is 0.0637. The van der Waals surface area contributed by atoms with Crippen LogP contribution in [0.3, 0.4) is 0 Å². The molecule has 0 aliphatic carbocycles. The number of halogens is 4. The van der Waals surface area contributed by atoms with Gasteiger partial charge in [-0.05, 0) is 35.9 Å². The highest BCUT2D eigenvalue weighted by atomic mass is 79.9. The molecule has 2 rings (SSSR count). The first-order valence-electron chi connectivity index (χ1n) is 6.31. The molecule has 0 aliphatic rings. The van der Waals surface area contributed by atoms with E-state index in [-0.39, 0.29) is 23.7 Å². The SMILES string of the molecule is NC(=O)c1cc(Br)ccc1OCc1ccc(OC(F)(F)F)cc1. The van der Waals surface area contributed by atoms with Crippen LogP contribution in [0.5, 0.6) is 11.5 Å². The predicted molar refractivity (Wildman–Crippen MR) is 80.1 cm³/mol. The van der Waals surface area contributed by atoms with Gasteiger partial charge in [0.1, 0.15) is 18.1 Å². The molecule has 0 saturated heterocycles. The second-order valence-corrected chi connectivity index (χ2v) is 5.40. The van der Waals surface area contributed by atoms with Crippen molar-refractivity contribution in [1.29, 1.82) is 0 Å². The van der Waals surface area contributed by atoms with E-state index in [9.17, 15) is 18.0 Å². The van der Waals surface area contributed by atoms with Crippen molar-refractivity contribution in [1.82, 2.24) is 0 Å². The number of primary amides is 1. The van der Waals surface area contributed by atoms with Crippen molar-refractivity contribution in [2.24, 2.45) is 5.73 Å². The Morgan fingerprint density at radius 2 is 1.78 bits per heavy atom. The topological polar surface area (TPSA) is 61.6 Å². The summed E-state index contributed by atoms with van der Waals surface area (Å²) >= 11 is 3.22. The number of hydrogen-bond acceptors (Lipinski definition) is 3. The van der Waals surface area contributed by atoms with E-state index >= 15 is 0 Å². The second kappa shape index (κ2) is 6.91. The van der Waals surface area contributed by atoms with Crippen LogP contribution in [0.2, 0.25) is 0 Å². The van der Waals surface area contributed by atoms with Crippen LogP contribution in [0, 0.1) is 0 Å². The molecule has 0 spiro atoms. The van der Waals surface area contributed by atoms with Gasteiger partial charge in [-0.3, -0.25) is 4.79 Å². The molecule has 0 unspecified atom stereocenters. The van der Waals surface area contributed by atoms with Crippen molar-refractivity contribution in [3.05, 3.63) is 58.1 Å². The van der Waals surface area contributed by atoms with Gasteiger partial charge in [0, 0.05) is 4.47 Å². The van der Waals surface area contributed by atoms with Crippen molar-refractivity contribution in [3.63, 3.8) is 0 Å². The minimum Gasteiger partial charge on any atom is -0.488 e. The van der Waals surface area contributed by atoms with E-state index in [0.29, 0.717) is 10.0 Å². The lowest BCUT2D eigenvalue weighted by Gasteiger charge is -2.11. The summed E-state index contributed by atoms with van der Waals surface area (Å²) in [5.74, 6) is -0.672. The fourth-order valence-corrected chi connectivity index (χ4v) is 2.13. The number of ether oxygens (including phenoxy) is 2. The fourth-order valence-electron chi connectivity index (χ4n) is 1.77. The molecule has 0 bridgehead atoms. The minimum atomic E-state index is -4.73. The third-order valence-corrected chi connectivity index (χ3v) is 3.25. The lowest BCUT2D eigenvalue weighted by atomic mass is 10.2. The maximum atomic E-state index is 12.1. The molecule has 8 heteroatoms. The van der Waals surface area contributed by atoms with Crippen LogP contribution in [0.4, 0.5) is 13.2 Å². The van der Waals surface area contributed by atoms with Crippen molar-refractivity contribution in [2.45, 2.75) is 13.0 Å². The van der Waals surface area contributed by atoms with Gasteiger partial charge in [-0.2, -0.15) is 0 Å². The highest BCUT2D eigenvalue weighted by molar-refractivity contribution is 9.10. The summed E-state index contributed by atoms with van der Waals surface area (Å²) in [7, 11) is 0. The van der Waals surface area contributed by atoms with Gasteiger partial charge in [0.25, 0.3) is 5.91 Å². The highest BCUT2D eigenvalue weighted by Gasteiger charge is 2.30. The van der Waals surface area contributed by atoms with E-state index in [1.807, 2.05) is 0 Å². The molecule has 0 aromatic heterocycles. The molecule has 4 nitrogen and oxygen atoms in total. The Balaban J connectivity index is 2.05. The number of nitrogens with two attached hydrogens (primary N) is 1. The average molecular weight is 390 g/mol. The normalized spacial score (nSPS) is 11.1. The van der Waals surface area contributed by atoms with Crippen molar-refractivity contribution in [2.75, 3.05) is 0 Å². The third-order valence-electron chi connectivity index (χ3n) is 2.76. The van der Waals surface area contributed by atoms with Gasteiger partial charge < -0.3 is 15.2 Å². The Hall–Kier alpha value is -2.22. The Labute approximate surface area is 138 Å². The molecular formula is C15H11BrF3NO3. The molecule has 23 heavy (non-hydrogen) atoms. The zero-order valence-corrected chi connectivity index (χ0v) is 13.1. The Bertz CT molecular complexity index is 702. The molecule has 2 aromatic rings. The molecule has 0 saturated carbocycles. The fraction of sp³-hybridized carbons (Fsp3) is 0.133. The van der Waals surface area contributed by atoms with Gasteiger partial charge in [-0.15, -0.1) is 13.2 Å². The molecule has 1 amide bonds. The zero-order chi connectivity index (χ0) is 17.0. The Morgan fingerprint density at radius 1 is 1.13 bits per heavy atom. The monoisotopic (exact) mass is 389 g/mol. The van der Waals surface area contributed by atoms with Crippen LogP contribution >= 0.6 is 15.9 Å². The first kappa shape index (κ1) is 17.1. The largest absolute Gasteiger partial charge is 0.573 e. The summed E-state index contributed by atoms with van der Waals surface area (Å²) in [5.41, 5.74) is 6.08. The number of hydrogen-bond donors (Lipinski definition) is 1. The first-order chi connectivity index (χ1) is 10.7. The summed E-state index contributed by atoms with van der Waals surface area (Å²) in [6.07, 6.45) is -4.73. The summed E-state index contributed by atoms with van der Waals surface area (Å²) in [4.78, 5) is 11.4. The molecule has 2 N–H and O–H groups in total. The molecule has 0 aliphatic heterocycles. The summed E-state index contributed by atoms with van der Waals surface area (Å²) in [5, 5.41) is 0. The summed E-state index contributed by atoms with van der Waals surface area (Å²) in [6.45, 7) is 0.0637. The van der Waals surface area contributed by atoms with Crippen LogP contribution in [0.25, 0.3) is 0 Å². The second-order valence-electron chi connectivity index (χ2n) is 4.49. The van der Waals surface area contributed by atoms with E-state index in [1.165, 1.54) is 30.3 Å². The number of carbonyl (C=O) groups is 1. The van der Waals surface area contributed by atoms with Gasteiger partial charge in [-0.25, -0.2) is 0 Å². The van der Waals surface area contributed by atoms with Gasteiger partial charge in [0.05, 0.1) is 5.56 Å². The summed E-state index contributed by atoms with van der Waals surface area (Å²) in [6, 6.07) is 10.0. The molecule has 2 aromatic carbocycles. The van der Waals surface area contributed by atoms with Crippen LogP contribution in [-0.4, -0.2) is 12.3 Å². The van der Waals surface area contributed by atoms with E-state index in [0.717, 1.165) is 0 Å². The lowest BCUT2D eigenvalue weighted by Crippen LogP contribution is -2.17. The number of alkyl halides is 3. The van der Waals surface area contributed by atoms with Crippen LogP contribution in [0.1, 0.15) is 15.9 Å². The quantitative estimate of drug-likeness (QED) is 0.839. The van der Waals surface area contributed by atoms with Crippen LogP contribution in [-0.2, 0) is 6.61 Å². The molecule has 0 radical (unpaired) electrons.